The number of carbonyl (C=O) groups is 1. The molecular formula is C25H27ClFN5O5S. The second-order valence-electron chi connectivity index (χ2n) is 9.24. The van der Waals surface area contributed by atoms with Crippen LogP contribution in [-0.4, -0.2) is 60.3 Å². The number of pyridine rings is 1. The summed E-state index contributed by atoms with van der Waals surface area (Å²) in [5, 5.41) is -0.102. The van der Waals surface area contributed by atoms with Crippen LogP contribution in [-0.2, 0) is 34.2 Å². The first-order valence-corrected chi connectivity index (χ1v) is 14.4. The minimum atomic E-state index is -3.53. The summed E-state index contributed by atoms with van der Waals surface area (Å²) in [6, 6.07) is 6.76. The Bertz CT molecular complexity index is 1500. The predicted octanol–water partition coefficient (Wildman–Crippen LogP) is 3.34. The molecule has 1 aromatic carbocycles. The number of ether oxygens (including phenoxy) is 2. The van der Waals surface area contributed by atoms with Crippen molar-refractivity contribution in [2.24, 2.45) is 0 Å². The van der Waals surface area contributed by atoms with Gasteiger partial charge in [-0.1, -0.05) is 11.6 Å². The summed E-state index contributed by atoms with van der Waals surface area (Å²) in [5.74, 6) is 0.650. The number of anilines is 1. The molecule has 0 saturated carbocycles. The van der Waals surface area contributed by atoms with Crippen LogP contribution in [0, 0.1) is 5.82 Å². The van der Waals surface area contributed by atoms with Gasteiger partial charge in [0.15, 0.2) is 17.5 Å². The van der Waals surface area contributed by atoms with Crippen molar-refractivity contribution in [2.45, 2.75) is 38.3 Å². The third-order valence-electron chi connectivity index (χ3n) is 6.63. The van der Waals surface area contributed by atoms with Crippen LogP contribution in [0.3, 0.4) is 0 Å². The molecule has 0 spiro atoms. The van der Waals surface area contributed by atoms with Crippen LogP contribution >= 0.6 is 11.6 Å². The molecule has 0 fully saturated rings. The summed E-state index contributed by atoms with van der Waals surface area (Å²) in [5.41, 5.74) is 2.07. The molecule has 3 aromatic rings. The second-order valence-corrected chi connectivity index (χ2v) is 11.4. The van der Waals surface area contributed by atoms with E-state index in [0.717, 1.165) is 49.3 Å². The van der Waals surface area contributed by atoms with Gasteiger partial charge in [-0.15, -0.1) is 0 Å². The van der Waals surface area contributed by atoms with Crippen LogP contribution in [0.4, 0.5) is 10.2 Å². The maximum atomic E-state index is 15.4. The predicted molar refractivity (Wildman–Crippen MR) is 139 cm³/mol. The van der Waals surface area contributed by atoms with Crippen molar-refractivity contribution in [1.82, 2.24) is 19.4 Å². The molecule has 202 valence electrons. The van der Waals surface area contributed by atoms with Crippen molar-refractivity contribution in [3.05, 3.63) is 64.1 Å². The van der Waals surface area contributed by atoms with E-state index < -0.39 is 21.9 Å². The van der Waals surface area contributed by atoms with Gasteiger partial charge in [-0.2, -0.15) is 0 Å². The van der Waals surface area contributed by atoms with Crippen LogP contribution in [0.1, 0.15) is 41.7 Å². The number of halogens is 2. The maximum absolute atomic E-state index is 15.4. The van der Waals surface area contributed by atoms with Crippen molar-refractivity contribution in [3.8, 4) is 11.5 Å². The van der Waals surface area contributed by atoms with E-state index >= 15 is 4.39 Å². The van der Waals surface area contributed by atoms with E-state index in [0.29, 0.717) is 24.3 Å². The fourth-order valence-electron chi connectivity index (χ4n) is 4.99. The van der Waals surface area contributed by atoms with Gasteiger partial charge in [0.05, 0.1) is 24.8 Å². The number of hydrogen-bond donors (Lipinski definition) is 1. The SMILES string of the molecule is COc1ccc(C2c3c(nc4n3CCCC4)CCN2C(=O)COc2ccc(NS(C)(=O)=O)nc2Cl)c(F)c1. The van der Waals surface area contributed by atoms with Crippen molar-refractivity contribution < 1.29 is 27.1 Å². The van der Waals surface area contributed by atoms with E-state index in [2.05, 4.69) is 14.3 Å². The van der Waals surface area contributed by atoms with Crippen LogP contribution < -0.4 is 14.2 Å². The van der Waals surface area contributed by atoms with Crippen molar-refractivity contribution in [1.29, 1.82) is 0 Å². The van der Waals surface area contributed by atoms with Gasteiger partial charge in [0.1, 0.15) is 29.3 Å². The number of carbonyl (C=O) groups excluding carboxylic acids is 1. The Balaban J connectivity index is 1.44. The molecule has 0 radical (unpaired) electrons. The van der Waals surface area contributed by atoms with E-state index in [1.54, 1.807) is 17.0 Å². The number of fused-ring (bicyclic) bond motifs is 3. The van der Waals surface area contributed by atoms with Gasteiger partial charge >= 0.3 is 0 Å². The quantitative estimate of drug-likeness (QED) is 0.438. The number of aryl methyl sites for hydroxylation is 1. The molecule has 5 rings (SSSR count). The summed E-state index contributed by atoms with van der Waals surface area (Å²) in [4.78, 5) is 23.9. The number of sulfonamides is 1. The minimum absolute atomic E-state index is 0.0280. The van der Waals surface area contributed by atoms with Gasteiger partial charge in [0.2, 0.25) is 10.0 Å². The number of nitrogens with one attached hydrogen (secondary N) is 1. The highest BCUT2D eigenvalue weighted by Gasteiger charge is 2.38. The Kier molecular flexibility index (Phi) is 7.19. The van der Waals surface area contributed by atoms with Gasteiger partial charge in [-0.05, 0) is 37.1 Å². The van der Waals surface area contributed by atoms with Crippen LogP contribution in [0.5, 0.6) is 11.5 Å². The zero-order chi connectivity index (χ0) is 27.0. The Hall–Kier alpha value is -3.38. The Morgan fingerprint density at radius 1 is 1.18 bits per heavy atom. The lowest BCUT2D eigenvalue weighted by Gasteiger charge is -2.37. The molecule has 1 amide bonds. The molecule has 10 nitrogen and oxygen atoms in total. The lowest BCUT2D eigenvalue weighted by Crippen LogP contribution is -2.44. The van der Waals surface area contributed by atoms with Crippen LogP contribution in [0.2, 0.25) is 5.15 Å². The molecule has 38 heavy (non-hydrogen) atoms. The molecular weight excluding hydrogens is 537 g/mol. The summed E-state index contributed by atoms with van der Waals surface area (Å²) >= 11 is 6.16. The monoisotopic (exact) mass is 563 g/mol. The lowest BCUT2D eigenvalue weighted by molar-refractivity contribution is -0.135. The molecule has 13 heteroatoms. The third kappa shape index (κ3) is 5.28. The molecule has 2 aliphatic heterocycles. The molecule has 4 heterocycles. The molecule has 2 aromatic heterocycles. The number of nitrogens with zero attached hydrogens (tertiary/aromatic N) is 4. The number of benzene rings is 1. The highest BCUT2D eigenvalue weighted by atomic mass is 35.5. The van der Waals surface area contributed by atoms with Gasteiger partial charge < -0.3 is 18.9 Å². The summed E-state index contributed by atoms with van der Waals surface area (Å²) in [7, 11) is -2.06. The third-order valence-corrected chi connectivity index (χ3v) is 7.48. The topological polar surface area (TPSA) is 116 Å². The molecule has 2 aliphatic rings. The van der Waals surface area contributed by atoms with E-state index in [4.69, 9.17) is 26.1 Å². The van der Waals surface area contributed by atoms with Gasteiger partial charge in [0.25, 0.3) is 5.91 Å². The number of aromatic nitrogens is 3. The molecule has 1 unspecified atom stereocenters. The molecule has 0 bridgehead atoms. The van der Waals surface area contributed by atoms with Crippen molar-refractivity contribution >= 4 is 33.3 Å². The summed E-state index contributed by atoms with van der Waals surface area (Å²) < 4.78 is 53.5. The first-order chi connectivity index (χ1) is 18.1. The molecule has 0 saturated heterocycles. The van der Waals surface area contributed by atoms with E-state index in [1.165, 1.54) is 25.3 Å². The Morgan fingerprint density at radius 3 is 2.71 bits per heavy atom. The molecule has 0 aliphatic carbocycles. The average Bonchev–Trinajstić information content (AvgIpc) is 3.25. The second kappa shape index (κ2) is 10.4. The number of hydrogen-bond acceptors (Lipinski definition) is 7. The van der Waals surface area contributed by atoms with Gasteiger partial charge in [-0.25, -0.2) is 22.8 Å². The van der Waals surface area contributed by atoms with Gasteiger partial charge in [0, 0.05) is 37.6 Å². The van der Waals surface area contributed by atoms with Gasteiger partial charge in [-0.3, -0.25) is 9.52 Å². The normalized spacial score (nSPS) is 16.9. The standard InChI is InChI=1S/C25H27ClFN5O5S/c1-36-15-6-7-16(17(27)13-15)23-24-18(28-21-5-3-4-11-31(21)24)10-12-32(23)22(33)14-37-19-8-9-20(29-25(19)26)30-38(2,34)35/h6-9,13,23H,3-5,10-12,14H2,1-2H3,(H,29,30). The van der Waals surface area contributed by atoms with E-state index in [1.807, 2.05) is 0 Å². The highest BCUT2D eigenvalue weighted by Crippen LogP contribution is 2.39. The fraction of sp³-hybridized carbons (Fsp3) is 0.400. The number of amides is 1. The van der Waals surface area contributed by atoms with Crippen LogP contribution in [0.25, 0.3) is 0 Å². The zero-order valence-electron chi connectivity index (χ0n) is 20.9. The first-order valence-electron chi connectivity index (χ1n) is 12.1. The van der Waals surface area contributed by atoms with E-state index in [-0.39, 0.29) is 29.2 Å². The lowest BCUT2D eigenvalue weighted by atomic mass is 9.94. The zero-order valence-corrected chi connectivity index (χ0v) is 22.5. The number of methoxy groups -OCH3 is 1. The average molecular weight is 564 g/mol. The van der Waals surface area contributed by atoms with E-state index in [9.17, 15) is 13.2 Å². The Morgan fingerprint density at radius 2 is 2.00 bits per heavy atom. The van der Waals surface area contributed by atoms with Crippen LogP contribution in [0.15, 0.2) is 30.3 Å². The maximum Gasteiger partial charge on any atom is 0.261 e. The minimum Gasteiger partial charge on any atom is -0.497 e. The Labute approximate surface area is 224 Å². The van der Waals surface area contributed by atoms with Crippen molar-refractivity contribution in [2.75, 3.05) is 31.2 Å². The smallest absolute Gasteiger partial charge is 0.261 e. The summed E-state index contributed by atoms with van der Waals surface area (Å²) in [6.07, 6.45) is 4.41. The fourth-order valence-corrected chi connectivity index (χ4v) is 5.70. The molecule has 1 N–H and O–H groups in total. The summed E-state index contributed by atoms with van der Waals surface area (Å²) in [6.45, 7) is 0.732. The highest BCUT2D eigenvalue weighted by molar-refractivity contribution is 7.92. The molecule has 1 atom stereocenters. The first kappa shape index (κ1) is 26.2. The largest absolute Gasteiger partial charge is 0.497 e. The number of imidazole rings is 1. The van der Waals surface area contributed by atoms with Crippen molar-refractivity contribution in [3.63, 3.8) is 0 Å². The number of rotatable bonds is 7.